The number of esters is 1. The van der Waals surface area contributed by atoms with Crippen molar-refractivity contribution in [3.05, 3.63) is 33.3 Å². The van der Waals surface area contributed by atoms with Crippen LogP contribution in [0.15, 0.2) is 22.7 Å². The van der Waals surface area contributed by atoms with E-state index in [0.717, 1.165) is 30.4 Å². The molecule has 1 aromatic carbocycles. The molecule has 0 saturated carbocycles. The molecule has 0 aliphatic carbocycles. The quantitative estimate of drug-likeness (QED) is 0.761. The minimum absolute atomic E-state index is 0.152. The Labute approximate surface area is 137 Å². The van der Waals surface area contributed by atoms with Crippen molar-refractivity contribution in [3.8, 4) is 0 Å². The molecule has 0 atom stereocenters. The SMILES string of the molecule is CC1CCN(C(=O)COC(=O)c2cc(Br)ccc2Cl)CC1. The Balaban J connectivity index is 1.89. The average Bonchev–Trinajstić information content (AvgIpc) is 2.47. The Kier molecular flexibility index (Phi) is 5.65. The minimum atomic E-state index is -0.583. The fourth-order valence-corrected chi connectivity index (χ4v) is 2.76. The molecule has 1 aliphatic rings. The summed E-state index contributed by atoms with van der Waals surface area (Å²) in [6.07, 6.45) is 1.99. The molecule has 0 aromatic heterocycles. The van der Waals surface area contributed by atoms with Crippen LogP contribution in [0, 0.1) is 5.92 Å². The van der Waals surface area contributed by atoms with Crippen molar-refractivity contribution >= 4 is 39.4 Å². The van der Waals surface area contributed by atoms with Crippen LogP contribution in [-0.4, -0.2) is 36.5 Å². The van der Waals surface area contributed by atoms with Crippen LogP contribution in [0.3, 0.4) is 0 Å². The van der Waals surface area contributed by atoms with Crippen molar-refractivity contribution in [2.75, 3.05) is 19.7 Å². The molecule has 1 aliphatic heterocycles. The molecule has 21 heavy (non-hydrogen) atoms. The molecular formula is C15H17BrClNO3. The van der Waals surface area contributed by atoms with Gasteiger partial charge in [-0.05, 0) is 37.0 Å². The number of ether oxygens (including phenoxy) is 1. The normalized spacial score (nSPS) is 15.9. The maximum atomic E-state index is 12.0. The van der Waals surface area contributed by atoms with Gasteiger partial charge in [0.15, 0.2) is 6.61 Å². The number of hydrogen-bond donors (Lipinski definition) is 0. The number of amides is 1. The number of hydrogen-bond acceptors (Lipinski definition) is 3. The van der Waals surface area contributed by atoms with Gasteiger partial charge < -0.3 is 9.64 Å². The van der Waals surface area contributed by atoms with E-state index >= 15 is 0 Å². The van der Waals surface area contributed by atoms with Crippen LogP contribution in [0.1, 0.15) is 30.1 Å². The van der Waals surface area contributed by atoms with Crippen molar-refractivity contribution in [1.82, 2.24) is 4.90 Å². The predicted molar refractivity (Wildman–Crippen MR) is 84.4 cm³/mol. The summed E-state index contributed by atoms with van der Waals surface area (Å²) in [6.45, 7) is 3.40. The molecule has 4 nitrogen and oxygen atoms in total. The number of nitrogens with zero attached hydrogens (tertiary/aromatic N) is 1. The summed E-state index contributed by atoms with van der Waals surface area (Å²) in [6, 6.07) is 4.92. The van der Waals surface area contributed by atoms with Gasteiger partial charge in [-0.25, -0.2) is 4.79 Å². The fraction of sp³-hybridized carbons (Fsp3) is 0.467. The summed E-state index contributed by atoms with van der Waals surface area (Å²) in [5.74, 6) is -0.0847. The first-order valence-electron chi connectivity index (χ1n) is 6.87. The lowest BCUT2D eigenvalue weighted by Gasteiger charge is -2.30. The number of benzene rings is 1. The second-order valence-electron chi connectivity index (χ2n) is 5.26. The zero-order chi connectivity index (χ0) is 15.4. The number of likely N-dealkylation sites (tertiary alicyclic amines) is 1. The van der Waals surface area contributed by atoms with Gasteiger partial charge in [-0.15, -0.1) is 0 Å². The van der Waals surface area contributed by atoms with Crippen LogP contribution in [0.25, 0.3) is 0 Å². The molecule has 114 valence electrons. The molecule has 6 heteroatoms. The van der Waals surface area contributed by atoms with Crippen molar-refractivity contribution in [3.63, 3.8) is 0 Å². The van der Waals surface area contributed by atoms with Gasteiger partial charge in [0.1, 0.15) is 0 Å². The molecular weight excluding hydrogens is 358 g/mol. The van der Waals surface area contributed by atoms with Crippen LogP contribution in [0.4, 0.5) is 0 Å². The first-order valence-corrected chi connectivity index (χ1v) is 8.04. The molecule has 1 fully saturated rings. The summed E-state index contributed by atoms with van der Waals surface area (Å²) in [5, 5.41) is 0.308. The number of piperidine rings is 1. The van der Waals surface area contributed by atoms with E-state index in [-0.39, 0.29) is 18.1 Å². The Morgan fingerprint density at radius 2 is 2.05 bits per heavy atom. The molecule has 0 bridgehead atoms. The zero-order valence-corrected chi connectivity index (χ0v) is 14.1. The Hall–Kier alpha value is -1.07. The summed E-state index contributed by atoms with van der Waals surface area (Å²) in [5.41, 5.74) is 0.256. The van der Waals surface area contributed by atoms with Gasteiger partial charge in [0.05, 0.1) is 10.6 Å². The molecule has 2 rings (SSSR count). The second-order valence-corrected chi connectivity index (χ2v) is 6.59. The van der Waals surface area contributed by atoms with Crippen molar-refractivity contribution < 1.29 is 14.3 Å². The maximum Gasteiger partial charge on any atom is 0.340 e. The van der Waals surface area contributed by atoms with Crippen LogP contribution < -0.4 is 0 Å². The first-order chi connectivity index (χ1) is 9.97. The van der Waals surface area contributed by atoms with E-state index in [1.54, 1.807) is 23.1 Å². The minimum Gasteiger partial charge on any atom is -0.452 e. The lowest BCUT2D eigenvalue weighted by molar-refractivity contribution is -0.135. The van der Waals surface area contributed by atoms with E-state index < -0.39 is 5.97 Å². The topological polar surface area (TPSA) is 46.6 Å². The van der Waals surface area contributed by atoms with Crippen LogP contribution in [-0.2, 0) is 9.53 Å². The predicted octanol–water partition coefficient (Wildman–Crippen LogP) is 3.52. The molecule has 0 unspecified atom stereocenters. The molecule has 1 saturated heterocycles. The maximum absolute atomic E-state index is 12.0. The smallest absolute Gasteiger partial charge is 0.340 e. The highest BCUT2D eigenvalue weighted by atomic mass is 79.9. The molecule has 0 radical (unpaired) electrons. The third kappa shape index (κ3) is 4.45. The van der Waals surface area contributed by atoms with Gasteiger partial charge in [-0.1, -0.05) is 34.5 Å². The van der Waals surface area contributed by atoms with E-state index in [0.29, 0.717) is 10.9 Å². The van der Waals surface area contributed by atoms with Crippen LogP contribution in [0.2, 0.25) is 5.02 Å². The van der Waals surface area contributed by atoms with E-state index in [1.165, 1.54) is 0 Å². The third-order valence-corrected chi connectivity index (χ3v) is 4.43. The average molecular weight is 375 g/mol. The van der Waals surface area contributed by atoms with Gasteiger partial charge in [-0.3, -0.25) is 4.79 Å². The molecule has 1 heterocycles. The van der Waals surface area contributed by atoms with E-state index in [1.807, 2.05) is 0 Å². The van der Waals surface area contributed by atoms with Crippen LogP contribution >= 0.6 is 27.5 Å². The largest absolute Gasteiger partial charge is 0.452 e. The highest BCUT2D eigenvalue weighted by Gasteiger charge is 2.22. The number of carbonyl (C=O) groups excluding carboxylic acids is 2. The first kappa shape index (κ1) is 16.3. The molecule has 1 amide bonds. The van der Waals surface area contributed by atoms with Crippen molar-refractivity contribution in [2.24, 2.45) is 5.92 Å². The fourth-order valence-electron chi connectivity index (χ4n) is 2.21. The molecule has 0 spiro atoms. The highest BCUT2D eigenvalue weighted by molar-refractivity contribution is 9.10. The summed E-state index contributed by atoms with van der Waals surface area (Å²) in [4.78, 5) is 25.7. The van der Waals surface area contributed by atoms with Crippen molar-refractivity contribution in [1.29, 1.82) is 0 Å². The highest BCUT2D eigenvalue weighted by Crippen LogP contribution is 2.22. The number of rotatable bonds is 3. The summed E-state index contributed by atoms with van der Waals surface area (Å²) in [7, 11) is 0. The monoisotopic (exact) mass is 373 g/mol. The standard InChI is InChI=1S/C15H17BrClNO3/c1-10-4-6-18(7-5-10)14(19)9-21-15(20)12-8-11(16)2-3-13(12)17/h2-3,8,10H,4-7,9H2,1H3. The van der Waals surface area contributed by atoms with Gasteiger partial charge >= 0.3 is 5.97 Å². The Bertz CT molecular complexity index is 542. The summed E-state index contributed by atoms with van der Waals surface area (Å²) < 4.78 is 5.80. The lowest BCUT2D eigenvalue weighted by atomic mass is 9.99. The van der Waals surface area contributed by atoms with Gasteiger partial charge in [0.2, 0.25) is 0 Å². The van der Waals surface area contributed by atoms with E-state index in [9.17, 15) is 9.59 Å². The van der Waals surface area contributed by atoms with Crippen molar-refractivity contribution in [2.45, 2.75) is 19.8 Å². The Morgan fingerprint density at radius 3 is 2.71 bits per heavy atom. The van der Waals surface area contributed by atoms with Gasteiger partial charge in [0.25, 0.3) is 5.91 Å². The number of halogens is 2. The zero-order valence-electron chi connectivity index (χ0n) is 11.8. The van der Waals surface area contributed by atoms with Gasteiger partial charge in [0, 0.05) is 17.6 Å². The molecule has 1 aromatic rings. The van der Waals surface area contributed by atoms with E-state index in [2.05, 4.69) is 22.9 Å². The number of carbonyl (C=O) groups is 2. The second kappa shape index (κ2) is 7.27. The Morgan fingerprint density at radius 1 is 1.38 bits per heavy atom. The van der Waals surface area contributed by atoms with E-state index in [4.69, 9.17) is 16.3 Å². The van der Waals surface area contributed by atoms with Crippen LogP contribution in [0.5, 0.6) is 0 Å². The molecule has 0 N–H and O–H groups in total. The summed E-state index contributed by atoms with van der Waals surface area (Å²) >= 11 is 9.23. The van der Waals surface area contributed by atoms with Gasteiger partial charge in [-0.2, -0.15) is 0 Å². The third-order valence-electron chi connectivity index (χ3n) is 3.61. The lowest BCUT2D eigenvalue weighted by Crippen LogP contribution is -2.40.